The molecule has 0 unspecified atom stereocenters. The van der Waals surface area contributed by atoms with Crippen molar-refractivity contribution in [3.63, 3.8) is 0 Å². The molecule has 174 valence electrons. The number of rotatable bonds is 5. The highest BCUT2D eigenvalue weighted by molar-refractivity contribution is 7.91. The van der Waals surface area contributed by atoms with E-state index < -0.39 is 15.4 Å². The van der Waals surface area contributed by atoms with Crippen LogP contribution in [0.4, 0.5) is 11.5 Å². The molecular formula is C23H25ClN4O4S. The van der Waals surface area contributed by atoms with Crippen LogP contribution < -0.4 is 20.7 Å². The number of halogens is 1. The van der Waals surface area contributed by atoms with Gasteiger partial charge in [-0.3, -0.25) is 0 Å². The number of anilines is 2. The van der Waals surface area contributed by atoms with Crippen LogP contribution in [0.25, 0.3) is 10.9 Å². The number of pyridine rings is 1. The quantitative estimate of drug-likeness (QED) is 0.564. The third-order valence-corrected chi connectivity index (χ3v) is 8.10. The minimum absolute atomic E-state index is 0.0144. The van der Waals surface area contributed by atoms with E-state index in [9.17, 15) is 8.42 Å². The molecule has 1 aromatic heterocycles. The Morgan fingerprint density at radius 2 is 2.06 bits per heavy atom. The number of methoxy groups -OCH3 is 1. The zero-order valence-electron chi connectivity index (χ0n) is 18.2. The Bertz CT molecular complexity index is 1330. The molecule has 8 nitrogen and oxygen atoms in total. The summed E-state index contributed by atoms with van der Waals surface area (Å²) < 4.78 is 36.4. The highest BCUT2D eigenvalue weighted by Crippen LogP contribution is 2.33. The molecule has 5 rings (SSSR count). The van der Waals surface area contributed by atoms with Gasteiger partial charge in [0.1, 0.15) is 11.6 Å². The maximum atomic E-state index is 13.0. The molecular weight excluding hydrogens is 464 g/mol. The Morgan fingerprint density at radius 1 is 1.24 bits per heavy atom. The second kappa shape index (κ2) is 8.32. The smallest absolute Gasteiger partial charge is 0.180 e. The molecule has 0 radical (unpaired) electrons. The zero-order valence-corrected chi connectivity index (χ0v) is 19.7. The van der Waals surface area contributed by atoms with Crippen molar-refractivity contribution in [3.8, 4) is 5.75 Å². The Kier molecular flexibility index (Phi) is 5.60. The van der Waals surface area contributed by atoms with Crippen LogP contribution >= 0.6 is 11.6 Å². The highest BCUT2D eigenvalue weighted by Gasteiger charge is 2.34. The monoisotopic (exact) mass is 488 g/mol. The second-order valence-corrected chi connectivity index (χ2v) is 11.1. The Balaban J connectivity index is 1.54. The number of fused-ring (bicyclic) bond motifs is 2. The first-order valence-electron chi connectivity index (χ1n) is 10.6. The average molecular weight is 489 g/mol. The van der Waals surface area contributed by atoms with Crippen molar-refractivity contribution >= 4 is 43.8 Å². The fourth-order valence-electron chi connectivity index (χ4n) is 4.13. The van der Waals surface area contributed by atoms with Gasteiger partial charge in [-0.25, -0.2) is 13.4 Å². The van der Waals surface area contributed by atoms with Crippen LogP contribution in [0.2, 0.25) is 5.02 Å². The van der Waals surface area contributed by atoms with Crippen molar-refractivity contribution in [1.82, 2.24) is 4.98 Å². The molecule has 2 aliphatic heterocycles. The van der Waals surface area contributed by atoms with Gasteiger partial charge in [-0.15, -0.1) is 0 Å². The molecule has 10 heteroatoms. The van der Waals surface area contributed by atoms with Gasteiger partial charge in [-0.2, -0.15) is 0 Å². The molecule has 2 aromatic carbocycles. The number of nitrogens with two attached hydrogens (primary N) is 1. The first-order valence-corrected chi connectivity index (χ1v) is 12.6. The SMILES string of the molecule is COc1ccc2c(c1)S(=O)(=O)CCN(c1cc(NCC3(N)COC3)c3cc(Cl)ccc3n1)C2. The third kappa shape index (κ3) is 4.33. The van der Waals surface area contributed by atoms with Gasteiger partial charge in [0.05, 0.1) is 42.0 Å². The molecule has 2 aliphatic rings. The van der Waals surface area contributed by atoms with Crippen molar-refractivity contribution in [1.29, 1.82) is 0 Å². The van der Waals surface area contributed by atoms with E-state index in [1.54, 1.807) is 24.3 Å². The van der Waals surface area contributed by atoms with Crippen LogP contribution in [0.1, 0.15) is 5.56 Å². The van der Waals surface area contributed by atoms with E-state index in [4.69, 9.17) is 31.8 Å². The van der Waals surface area contributed by atoms with Gasteiger partial charge < -0.3 is 25.4 Å². The highest BCUT2D eigenvalue weighted by atomic mass is 35.5. The van der Waals surface area contributed by atoms with Crippen molar-refractivity contribution in [3.05, 3.63) is 53.1 Å². The summed E-state index contributed by atoms with van der Waals surface area (Å²) in [5, 5.41) is 4.92. The normalized spacial score (nSPS) is 18.8. The van der Waals surface area contributed by atoms with E-state index in [1.165, 1.54) is 7.11 Å². The Morgan fingerprint density at radius 3 is 2.79 bits per heavy atom. The minimum Gasteiger partial charge on any atom is -0.497 e. The molecule has 0 spiro atoms. The van der Waals surface area contributed by atoms with E-state index in [2.05, 4.69) is 5.32 Å². The van der Waals surface area contributed by atoms with Gasteiger partial charge in [0, 0.05) is 41.8 Å². The number of hydrogen-bond acceptors (Lipinski definition) is 8. The predicted octanol–water partition coefficient (Wildman–Crippen LogP) is 2.83. The van der Waals surface area contributed by atoms with Gasteiger partial charge in [0.25, 0.3) is 0 Å². The zero-order chi connectivity index (χ0) is 23.2. The maximum absolute atomic E-state index is 13.0. The Hall–Kier alpha value is -2.59. The van der Waals surface area contributed by atoms with E-state index in [-0.39, 0.29) is 5.75 Å². The second-order valence-electron chi connectivity index (χ2n) is 8.61. The summed E-state index contributed by atoms with van der Waals surface area (Å²) in [6.07, 6.45) is 0. The summed E-state index contributed by atoms with van der Waals surface area (Å²) in [6.45, 7) is 2.27. The molecule has 1 fully saturated rings. The summed E-state index contributed by atoms with van der Waals surface area (Å²) in [7, 11) is -1.92. The fraction of sp³-hybridized carbons (Fsp3) is 0.348. The molecule has 1 saturated heterocycles. The summed E-state index contributed by atoms with van der Waals surface area (Å²) in [4.78, 5) is 7.12. The van der Waals surface area contributed by atoms with Gasteiger partial charge in [-0.1, -0.05) is 17.7 Å². The number of aromatic nitrogens is 1. The summed E-state index contributed by atoms with van der Waals surface area (Å²) >= 11 is 6.25. The topological polar surface area (TPSA) is 107 Å². The lowest BCUT2D eigenvalue weighted by atomic mass is 9.99. The van der Waals surface area contributed by atoms with E-state index in [0.717, 1.165) is 16.6 Å². The first kappa shape index (κ1) is 22.2. The van der Waals surface area contributed by atoms with Crippen LogP contribution in [-0.4, -0.2) is 58.1 Å². The summed E-state index contributed by atoms with van der Waals surface area (Å²) in [5.41, 5.74) is 8.22. The molecule has 0 saturated carbocycles. The first-order chi connectivity index (χ1) is 15.8. The number of benzene rings is 2. The largest absolute Gasteiger partial charge is 0.497 e. The number of hydrogen-bond donors (Lipinski definition) is 2. The summed E-state index contributed by atoms with van der Waals surface area (Å²) in [6, 6.07) is 12.6. The number of ether oxygens (including phenoxy) is 2. The lowest BCUT2D eigenvalue weighted by Crippen LogP contribution is -2.61. The number of nitrogens with one attached hydrogen (secondary N) is 1. The number of nitrogens with zero attached hydrogens (tertiary/aromatic N) is 2. The van der Waals surface area contributed by atoms with Crippen molar-refractivity contribution < 1.29 is 17.9 Å². The van der Waals surface area contributed by atoms with E-state index in [1.807, 2.05) is 23.1 Å². The standard InChI is InChI=1S/C23H25ClN4O4S/c1-31-17-4-2-15-11-28(6-7-33(29,30)21(15)9-17)22-10-20(26-12-23(25)13-32-14-23)18-8-16(24)3-5-19(18)27-22/h2-5,8-10H,6-7,11-14,25H2,1H3,(H,26,27). The number of sulfone groups is 1. The van der Waals surface area contributed by atoms with Gasteiger partial charge in [-0.05, 0) is 35.9 Å². The molecule has 33 heavy (non-hydrogen) atoms. The lowest BCUT2D eigenvalue weighted by Gasteiger charge is -2.38. The van der Waals surface area contributed by atoms with Crippen LogP contribution in [0.15, 0.2) is 47.4 Å². The van der Waals surface area contributed by atoms with Crippen LogP contribution in [-0.2, 0) is 21.1 Å². The minimum atomic E-state index is -3.45. The molecule has 0 atom stereocenters. The van der Waals surface area contributed by atoms with Gasteiger partial charge in [0.2, 0.25) is 0 Å². The Labute approximate surface area is 197 Å². The lowest BCUT2D eigenvalue weighted by molar-refractivity contribution is -0.0461. The van der Waals surface area contributed by atoms with E-state index >= 15 is 0 Å². The van der Waals surface area contributed by atoms with Gasteiger partial charge in [0.15, 0.2) is 9.84 Å². The third-order valence-electron chi connectivity index (χ3n) is 6.09. The molecule has 3 N–H and O–H groups in total. The molecule has 3 heterocycles. The average Bonchev–Trinajstić information content (AvgIpc) is 2.91. The summed E-state index contributed by atoms with van der Waals surface area (Å²) in [5.74, 6) is 1.19. The van der Waals surface area contributed by atoms with Crippen LogP contribution in [0, 0.1) is 0 Å². The van der Waals surface area contributed by atoms with Crippen LogP contribution in [0.3, 0.4) is 0 Å². The predicted molar refractivity (Wildman–Crippen MR) is 129 cm³/mol. The van der Waals surface area contributed by atoms with Crippen LogP contribution in [0.5, 0.6) is 5.75 Å². The molecule has 0 amide bonds. The van der Waals surface area contributed by atoms with E-state index in [0.29, 0.717) is 59.9 Å². The van der Waals surface area contributed by atoms with Gasteiger partial charge >= 0.3 is 0 Å². The van der Waals surface area contributed by atoms with Crippen molar-refractivity contribution in [2.45, 2.75) is 17.0 Å². The molecule has 0 aliphatic carbocycles. The molecule has 3 aromatic rings. The maximum Gasteiger partial charge on any atom is 0.180 e. The van der Waals surface area contributed by atoms with Crippen molar-refractivity contribution in [2.24, 2.45) is 5.73 Å². The fourth-order valence-corrected chi connectivity index (χ4v) is 5.81. The molecule has 0 bridgehead atoms. The van der Waals surface area contributed by atoms with Crippen molar-refractivity contribution in [2.75, 3.05) is 49.4 Å².